The zero-order valence-electron chi connectivity index (χ0n) is 16.1. The van der Waals surface area contributed by atoms with E-state index in [9.17, 15) is 4.79 Å². The minimum atomic E-state index is -0.202. The highest BCUT2D eigenvalue weighted by atomic mass is 32.1. The molecule has 4 rings (SSSR count). The number of thiazole rings is 1. The highest BCUT2D eigenvalue weighted by molar-refractivity contribution is 7.22. The molecule has 0 spiro atoms. The summed E-state index contributed by atoms with van der Waals surface area (Å²) in [5, 5.41) is 4.87. The molecule has 148 valence electrons. The van der Waals surface area contributed by atoms with E-state index in [1.54, 1.807) is 48.2 Å². The largest absolute Gasteiger partial charge is 0.497 e. The summed E-state index contributed by atoms with van der Waals surface area (Å²) in [5.41, 5.74) is 1.29. The van der Waals surface area contributed by atoms with Crippen molar-refractivity contribution in [3.8, 4) is 11.5 Å². The molecule has 0 saturated heterocycles. The Morgan fingerprint density at radius 2 is 2.00 bits per heavy atom. The van der Waals surface area contributed by atoms with E-state index in [1.165, 1.54) is 11.3 Å². The molecule has 0 bridgehead atoms. The van der Waals surface area contributed by atoms with Crippen LogP contribution in [0.15, 0.2) is 60.9 Å². The first-order chi connectivity index (χ1) is 14.2. The SMILES string of the molecule is COc1ccc(OC)c(C(=O)N(CCn2cccn2)c2nc3ccccc3s2)c1. The molecule has 0 aliphatic rings. The first kappa shape index (κ1) is 18.9. The van der Waals surface area contributed by atoms with Gasteiger partial charge in [0.2, 0.25) is 0 Å². The number of aromatic nitrogens is 3. The molecule has 8 heteroatoms. The summed E-state index contributed by atoms with van der Waals surface area (Å²) in [7, 11) is 3.11. The Balaban J connectivity index is 1.73. The van der Waals surface area contributed by atoms with Crippen LogP contribution in [-0.2, 0) is 6.54 Å². The van der Waals surface area contributed by atoms with Gasteiger partial charge in [0.05, 0.1) is 36.5 Å². The Hall–Kier alpha value is -3.39. The normalized spacial score (nSPS) is 10.8. The standard InChI is InChI=1S/C21H20N4O3S/c1-27-15-8-9-18(28-2)16(14-15)20(26)25(13-12-24-11-5-10-22-24)21-23-17-6-3-4-7-19(17)29-21/h3-11,14H,12-13H2,1-2H3. The number of hydrogen-bond acceptors (Lipinski definition) is 6. The molecule has 2 aromatic heterocycles. The van der Waals surface area contributed by atoms with Gasteiger partial charge in [-0.2, -0.15) is 5.10 Å². The van der Waals surface area contributed by atoms with Crippen LogP contribution in [-0.4, -0.2) is 41.4 Å². The molecule has 0 unspecified atom stereocenters. The van der Waals surface area contributed by atoms with E-state index in [0.717, 1.165) is 10.2 Å². The van der Waals surface area contributed by atoms with Gasteiger partial charge >= 0.3 is 0 Å². The summed E-state index contributed by atoms with van der Waals surface area (Å²) in [5.74, 6) is 0.874. The molecule has 2 aromatic carbocycles. The Kier molecular flexibility index (Phi) is 5.44. The number of para-hydroxylation sites is 1. The summed E-state index contributed by atoms with van der Waals surface area (Å²) in [6.07, 6.45) is 3.59. The maximum Gasteiger partial charge on any atom is 0.264 e. The minimum absolute atomic E-state index is 0.202. The van der Waals surface area contributed by atoms with Crippen molar-refractivity contribution in [1.82, 2.24) is 14.8 Å². The van der Waals surface area contributed by atoms with Crippen LogP contribution in [0.4, 0.5) is 5.13 Å². The summed E-state index contributed by atoms with van der Waals surface area (Å²) in [6.45, 7) is 0.960. The zero-order chi connectivity index (χ0) is 20.2. The molecule has 2 heterocycles. The second-order valence-corrected chi connectivity index (χ2v) is 7.27. The first-order valence-electron chi connectivity index (χ1n) is 9.06. The number of amides is 1. The number of anilines is 1. The van der Waals surface area contributed by atoms with Crippen molar-refractivity contribution in [3.63, 3.8) is 0 Å². The number of benzene rings is 2. The molecule has 0 fully saturated rings. The zero-order valence-corrected chi connectivity index (χ0v) is 16.9. The van der Waals surface area contributed by atoms with E-state index in [4.69, 9.17) is 9.47 Å². The van der Waals surface area contributed by atoms with Crippen molar-refractivity contribution in [3.05, 3.63) is 66.5 Å². The number of carbonyl (C=O) groups excluding carboxylic acids is 1. The predicted octanol–water partition coefficient (Wildman–Crippen LogP) is 3.86. The molecular weight excluding hydrogens is 388 g/mol. The van der Waals surface area contributed by atoms with Gasteiger partial charge < -0.3 is 9.47 Å². The fourth-order valence-corrected chi connectivity index (χ4v) is 4.01. The van der Waals surface area contributed by atoms with Gasteiger partial charge in [0.15, 0.2) is 5.13 Å². The lowest BCUT2D eigenvalue weighted by Gasteiger charge is -2.21. The topological polar surface area (TPSA) is 69.5 Å². The molecule has 0 N–H and O–H groups in total. The van der Waals surface area contributed by atoms with E-state index >= 15 is 0 Å². The van der Waals surface area contributed by atoms with Gasteiger partial charge in [0.25, 0.3) is 5.91 Å². The molecule has 0 atom stereocenters. The number of fused-ring (bicyclic) bond motifs is 1. The average Bonchev–Trinajstić information content (AvgIpc) is 3.43. The van der Waals surface area contributed by atoms with Crippen LogP contribution in [0.3, 0.4) is 0 Å². The van der Waals surface area contributed by atoms with Crippen molar-refractivity contribution >= 4 is 32.6 Å². The van der Waals surface area contributed by atoms with Gasteiger partial charge in [-0.3, -0.25) is 14.4 Å². The van der Waals surface area contributed by atoms with E-state index in [0.29, 0.717) is 35.3 Å². The molecule has 1 amide bonds. The van der Waals surface area contributed by atoms with Crippen LogP contribution in [0.1, 0.15) is 10.4 Å². The highest BCUT2D eigenvalue weighted by Crippen LogP contribution is 2.32. The van der Waals surface area contributed by atoms with Crippen molar-refractivity contribution in [2.24, 2.45) is 0 Å². The monoisotopic (exact) mass is 408 g/mol. The molecule has 4 aromatic rings. The minimum Gasteiger partial charge on any atom is -0.497 e. The molecular formula is C21H20N4O3S. The second-order valence-electron chi connectivity index (χ2n) is 6.26. The summed E-state index contributed by atoms with van der Waals surface area (Å²) in [4.78, 5) is 19.9. The molecule has 7 nitrogen and oxygen atoms in total. The van der Waals surface area contributed by atoms with Crippen LogP contribution in [0, 0.1) is 0 Å². The summed E-state index contributed by atoms with van der Waals surface area (Å²) < 4.78 is 13.5. The lowest BCUT2D eigenvalue weighted by molar-refractivity contribution is 0.0982. The van der Waals surface area contributed by atoms with Gasteiger partial charge in [0, 0.05) is 18.9 Å². The average molecular weight is 408 g/mol. The third-order valence-electron chi connectivity index (χ3n) is 4.51. The van der Waals surface area contributed by atoms with Crippen LogP contribution < -0.4 is 14.4 Å². The van der Waals surface area contributed by atoms with Gasteiger partial charge in [-0.05, 0) is 36.4 Å². The maximum atomic E-state index is 13.6. The van der Waals surface area contributed by atoms with E-state index < -0.39 is 0 Å². The van der Waals surface area contributed by atoms with Gasteiger partial charge in [0.1, 0.15) is 11.5 Å². The van der Waals surface area contributed by atoms with Crippen LogP contribution in [0.2, 0.25) is 0 Å². The summed E-state index contributed by atoms with van der Waals surface area (Å²) >= 11 is 1.48. The lowest BCUT2D eigenvalue weighted by atomic mass is 10.1. The molecule has 0 radical (unpaired) electrons. The second kappa shape index (κ2) is 8.32. The Bertz CT molecular complexity index is 1090. The number of ether oxygens (including phenoxy) is 2. The number of rotatable bonds is 7. The Labute approximate surface area is 172 Å². The first-order valence-corrected chi connectivity index (χ1v) is 9.88. The van der Waals surface area contributed by atoms with E-state index in [-0.39, 0.29) is 5.91 Å². The number of hydrogen-bond donors (Lipinski definition) is 0. The summed E-state index contributed by atoms with van der Waals surface area (Å²) in [6, 6.07) is 14.9. The van der Waals surface area contributed by atoms with Crippen molar-refractivity contribution in [2.75, 3.05) is 25.7 Å². The van der Waals surface area contributed by atoms with Crippen LogP contribution in [0.5, 0.6) is 11.5 Å². The maximum absolute atomic E-state index is 13.6. The van der Waals surface area contributed by atoms with E-state index in [1.807, 2.05) is 36.5 Å². The molecule has 0 aliphatic heterocycles. The number of methoxy groups -OCH3 is 2. The predicted molar refractivity (Wildman–Crippen MR) is 113 cm³/mol. The Morgan fingerprint density at radius 3 is 2.72 bits per heavy atom. The van der Waals surface area contributed by atoms with Gasteiger partial charge in [-0.15, -0.1) is 0 Å². The highest BCUT2D eigenvalue weighted by Gasteiger charge is 2.24. The number of carbonyl (C=O) groups is 1. The lowest BCUT2D eigenvalue weighted by Crippen LogP contribution is -2.34. The fraction of sp³-hybridized carbons (Fsp3) is 0.190. The van der Waals surface area contributed by atoms with Crippen LogP contribution >= 0.6 is 11.3 Å². The van der Waals surface area contributed by atoms with Crippen molar-refractivity contribution in [1.29, 1.82) is 0 Å². The van der Waals surface area contributed by atoms with Gasteiger partial charge in [-0.1, -0.05) is 23.5 Å². The quantitative estimate of drug-likeness (QED) is 0.464. The third kappa shape index (κ3) is 3.93. The smallest absolute Gasteiger partial charge is 0.264 e. The molecule has 0 aliphatic carbocycles. The van der Waals surface area contributed by atoms with Gasteiger partial charge in [-0.25, -0.2) is 4.98 Å². The molecule has 29 heavy (non-hydrogen) atoms. The fourth-order valence-electron chi connectivity index (χ4n) is 3.02. The van der Waals surface area contributed by atoms with E-state index in [2.05, 4.69) is 10.1 Å². The van der Waals surface area contributed by atoms with Crippen molar-refractivity contribution in [2.45, 2.75) is 6.54 Å². The van der Waals surface area contributed by atoms with Crippen molar-refractivity contribution < 1.29 is 14.3 Å². The van der Waals surface area contributed by atoms with Crippen LogP contribution in [0.25, 0.3) is 10.2 Å². The molecule has 0 saturated carbocycles. The third-order valence-corrected chi connectivity index (χ3v) is 5.57. The number of nitrogens with zero attached hydrogens (tertiary/aromatic N) is 4. The Morgan fingerprint density at radius 1 is 1.14 bits per heavy atom.